The maximum Gasteiger partial charge on any atom is 0.0737 e. The molecule has 0 saturated carbocycles. The monoisotopic (exact) mass is 229 g/mol. The van der Waals surface area contributed by atoms with Gasteiger partial charge in [0.05, 0.1) is 12.1 Å². The molecule has 0 radical (unpaired) electrons. The van der Waals surface area contributed by atoms with Crippen LogP contribution < -0.4 is 5.32 Å². The summed E-state index contributed by atoms with van der Waals surface area (Å²) in [5, 5.41) is 5.85. The molecule has 2 atom stereocenters. The summed E-state index contributed by atoms with van der Waals surface area (Å²) >= 11 is 0. The van der Waals surface area contributed by atoms with Crippen molar-refractivity contribution in [1.29, 1.82) is 0 Å². The maximum absolute atomic E-state index is 5.41. The Hall–Kier alpha value is -1.38. The van der Waals surface area contributed by atoms with Gasteiger partial charge in [0, 0.05) is 7.11 Å². The lowest BCUT2D eigenvalue weighted by atomic mass is 9.99. The predicted octanol–water partition coefficient (Wildman–Crippen LogP) is 3.14. The second kappa shape index (κ2) is 5.30. The lowest BCUT2D eigenvalue weighted by Crippen LogP contribution is -2.28. The van der Waals surface area contributed by atoms with Crippen LogP contribution in [0, 0.1) is 0 Å². The molecular weight excluding hydrogens is 210 g/mol. The molecule has 2 rings (SSSR count). The van der Waals surface area contributed by atoms with Gasteiger partial charge in [-0.15, -0.1) is 0 Å². The lowest BCUT2D eigenvalue weighted by molar-refractivity contribution is 0.0857. The first-order valence-corrected chi connectivity index (χ1v) is 5.95. The Morgan fingerprint density at radius 1 is 1.06 bits per heavy atom. The number of hydrogen-bond donors (Lipinski definition) is 1. The summed E-state index contributed by atoms with van der Waals surface area (Å²) in [4.78, 5) is 0. The molecule has 0 aliphatic carbocycles. The van der Waals surface area contributed by atoms with Crippen LogP contribution in [0.5, 0.6) is 0 Å². The Morgan fingerprint density at radius 3 is 2.41 bits per heavy atom. The number of benzene rings is 2. The van der Waals surface area contributed by atoms with Crippen LogP contribution in [-0.2, 0) is 4.74 Å². The van der Waals surface area contributed by atoms with E-state index in [-0.39, 0.29) is 12.1 Å². The van der Waals surface area contributed by atoms with Crippen LogP contribution in [0.25, 0.3) is 10.8 Å². The fourth-order valence-electron chi connectivity index (χ4n) is 2.21. The van der Waals surface area contributed by atoms with Crippen molar-refractivity contribution in [2.24, 2.45) is 0 Å². The van der Waals surface area contributed by atoms with E-state index in [0.717, 1.165) is 0 Å². The highest BCUT2D eigenvalue weighted by atomic mass is 16.5. The smallest absolute Gasteiger partial charge is 0.0737 e. The molecular formula is C15H19NO. The summed E-state index contributed by atoms with van der Waals surface area (Å²) in [6, 6.07) is 15.2. The third kappa shape index (κ3) is 2.48. The maximum atomic E-state index is 5.41. The lowest BCUT2D eigenvalue weighted by Gasteiger charge is -2.23. The van der Waals surface area contributed by atoms with Crippen LogP contribution in [-0.4, -0.2) is 20.3 Å². The third-order valence-electron chi connectivity index (χ3n) is 3.28. The average molecular weight is 229 g/mol. The zero-order valence-corrected chi connectivity index (χ0v) is 10.6. The highest BCUT2D eigenvalue weighted by Gasteiger charge is 2.16. The summed E-state index contributed by atoms with van der Waals surface area (Å²) in [6.07, 6.45) is 0.154. The van der Waals surface area contributed by atoms with E-state index in [1.54, 1.807) is 7.11 Å². The van der Waals surface area contributed by atoms with Crippen molar-refractivity contribution >= 4 is 10.8 Å². The third-order valence-corrected chi connectivity index (χ3v) is 3.28. The first-order valence-electron chi connectivity index (χ1n) is 5.95. The van der Waals surface area contributed by atoms with Gasteiger partial charge in [-0.25, -0.2) is 0 Å². The molecule has 0 spiro atoms. The first kappa shape index (κ1) is 12.1. The minimum Gasteiger partial charge on any atom is -0.380 e. The average Bonchev–Trinajstić information content (AvgIpc) is 2.39. The molecule has 0 aromatic heterocycles. The van der Waals surface area contributed by atoms with Crippen LogP contribution in [0.2, 0.25) is 0 Å². The summed E-state index contributed by atoms with van der Waals surface area (Å²) in [7, 11) is 3.71. The fourth-order valence-corrected chi connectivity index (χ4v) is 2.21. The molecule has 0 saturated heterocycles. The Kier molecular flexibility index (Phi) is 3.77. The molecule has 0 heterocycles. The van der Waals surface area contributed by atoms with Crippen molar-refractivity contribution in [3.63, 3.8) is 0 Å². The molecule has 1 N–H and O–H groups in total. The second-order valence-electron chi connectivity index (χ2n) is 4.31. The van der Waals surface area contributed by atoms with Gasteiger partial charge in [0.2, 0.25) is 0 Å². The van der Waals surface area contributed by atoms with Gasteiger partial charge in [-0.05, 0) is 36.4 Å². The molecule has 2 aromatic carbocycles. The minimum atomic E-state index is 0.154. The van der Waals surface area contributed by atoms with Crippen molar-refractivity contribution in [3.8, 4) is 0 Å². The molecule has 2 aromatic rings. The number of likely N-dealkylation sites (N-methyl/N-ethyl adjacent to an activating group) is 1. The number of hydrogen-bond acceptors (Lipinski definition) is 2. The topological polar surface area (TPSA) is 21.3 Å². The van der Waals surface area contributed by atoms with Gasteiger partial charge in [0.1, 0.15) is 0 Å². The van der Waals surface area contributed by atoms with E-state index in [4.69, 9.17) is 4.74 Å². The van der Waals surface area contributed by atoms with E-state index in [0.29, 0.717) is 0 Å². The number of fused-ring (bicyclic) bond motifs is 1. The fraction of sp³-hybridized carbons (Fsp3) is 0.333. The van der Waals surface area contributed by atoms with Gasteiger partial charge < -0.3 is 10.1 Å². The Morgan fingerprint density at radius 2 is 1.76 bits per heavy atom. The van der Waals surface area contributed by atoms with E-state index in [1.807, 2.05) is 7.05 Å². The Balaban J connectivity index is 2.40. The summed E-state index contributed by atoms with van der Waals surface area (Å²) in [5.41, 5.74) is 1.26. The molecule has 0 aliphatic rings. The van der Waals surface area contributed by atoms with Gasteiger partial charge in [0.25, 0.3) is 0 Å². The highest BCUT2D eigenvalue weighted by molar-refractivity contribution is 5.83. The standard InChI is InChI=1S/C15H19NO/c1-11(17-3)15(16-2)14-9-8-12-6-4-5-7-13(12)10-14/h4-11,15-16H,1-3H3. The molecule has 90 valence electrons. The van der Waals surface area contributed by atoms with Crippen molar-refractivity contribution in [1.82, 2.24) is 5.32 Å². The van der Waals surface area contributed by atoms with Crippen molar-refractivity contribution in [2.75, 3.05) is 14.2 Å². The zero-order valence-electron chi connectivity index (χ0n) is 10.6. The van der Waals surface area contributed by atoms with Gasteiger partial charge >= 0.3 is 0 Å². The Bertz CT molecular complexity index is 495. The normalized spacial score (nSPS) is 14.8. The van der Waals surface area contributed by atoms with Gasteiger partial charge in [0.15, 0.2) is 0 Å². The van der Waals surface area contributed by atoms with Crippen molar-refractivity contribution < 1.29 is 4.74 Å². The van der Waals surface area contributed by atoms with Crippen LogP contribution in [0.3, 0.4) is 0 Å². The predicted molar refractivity (Wildman–Crippen MR) is 72.2 cm³/mol. The van der Waals surface area contributed by atoms with Gasteiger partial charge in [-0.3, -0.25) is 0 Å². The molecule has 0 amide bonds. The number of nitrogens with one attached hydrogen (secondary N) is 1. The van der Waals surface area contributed by atoms with Crippen LogP contribution >= 0.6 is 0 Å². The summed E-state index contributed by atoms with van der Waals surface area (Å²) in [6.45, 7) is 2.08. The van der Waals surface area contributed by atoms with Gasteiger partial charge in [-0.2, -0.15) is 0 Å². The van der Waals surface area contributed by atoms with Crippen LogP contribution in [0.15, 0.2) is 42.5 Å². The largest absolute Gasteiger partial charge is 0.380 e. The number of methoxy groups -OCH3 is 1. The minimum absolute atomic E-state index is 0.154. The van der Waals surface area contributed by atoms with Crippen LogP contribution in [0.4, 0.5) is 0 Å². The van der Waals surface area contributed by atoms with E-state index in [2.05, 4.69) is 54.7 Å². The number of ether oxygens (including phenoxy) is 1. The van der Waals surface area contributed by atoms with Crippen LogP contribution in [0.1, 0.15) is 18.5 Å². The van der Waals surface area contributed by atoms with Gasteiger partial charge in [-0.1, -0.05) is 36.4 Å². The molecule has 17 heavy (non-hydrogen) atoms. The Labute approximate surface area is 103 Å². The second-order valence-corrected chi connectivity index (χ2v) is 4.31. The number of rotatable bonds is 4. The van der Waals surface area contributed by atoms with Crippen molar-refractivity contribution in [3.05, 3.63) is 48.0 Å². The molecule has 2 heteroatoms. The molecule has 0 fully saturated rings. The molecule has 0 aliphatic heterocycles. The molecule has 2 nitrogen and oxygen atoms in total. The summed E-state index contributed by atoms with van der Waals surface area (Å²) in [5.74, 6) is 0. The SMILES string of the molecule is CNC(c1ccc2ccccc2c1)C(C)OC. The van der Waals surface area contributed by atoms with Crippen molar-refractivity contribution in [2.45, 2.75) is 19.1 Å². The molecule has 0 bridgehead atoms. The zero-order chi connectivity index (χ0) is 12.3. The quantitative estimate of drug-likeness (QED) is 0.869. The summed E-state index contributed by atoms with van der Waals surface area (Å²) < 4.78 is 5.41. The first-order chi connectivity index (χ1) is 8.26. The highest BCUT2D eigenvalue weighted by Crippen LogP contribution is 2.23. The van der Waals surface area contributed by atoms with E-state index in [1.165, 1.54) is 16.3 Å². The van der Waals surface area contributed by atoms with E-state index < -0.39 is 0 Å². The van der Waals surface area contributed by atoms with E-state index >= 15 is 0 Å². The molecule has 2 unspecified atom stereocenters. The van der Waals surface area contributed by atoms with E-state index in [9.17, 15) is 0 Å².